The molecule has 5 rings (SSSR count). The van der Waals surface area contributed by atoms with Crippen LogP contribution >= 0.6 is 0 Å². The van der Waals surface area contributed by atoms with Gasteiger partial charge in [0.2, 0.25) is 0 Å². The average molecular weight is 495 g/mol. The molecule has 6 heteroatoms. The molecule has 0 saturated heterocycles. The number of carbonyl (C=O) groups excluding carboxylic acids is 1. The summed E-state index contributed by atoms with van der Waals surface area (Å²) in [6, 6.07) is 26.1. The van der Waals surface area contributed by atoms with Crippen LogP contribution in [0.2, 0.25) is 0 Å². The highest BCUT2D eigenvalue weighted by molar-refractivity contribution is 6.06. The first-order valence-electron chi connectivity index (χ1n) is 11.9. The van der Waals surface area contributed by atoms with E-state index in [9.17, 15) is 9.90 Å². The average Bonchev–Trinajstić information content (AvgIpc) is 2.89. The Balaban J connectivity index is 0.00000156. The van der Waals surface area contributed by atoms with Crippen molar-refractivity contribution in [3.8, 4) is 17.2 Å². The summed E-state index contributed by atoms with van der Waals surface area (Å²) >= 11 is 0. The Morgan fingerprint density at radius 3 is 2.30 bits per heavy atom. The predicted molar refractivity (Wildman–Crippen MR) is 149 cm³/mol. The summed E-state index contributed by atoms with van der Waals surface area (Å²) in [7, 11) is 1.00. The number of ether oxygens (including phenoxy) is 1. The van der Waals surface area contributed by atoms with E-state index in [1.165, 1.54) is 5.56 Å². The minimum atomic E-state index is -0.165. The molecule has 188 valence electrons. The minimum absolute atomic E-state index is 0.0605. The van der Waals surface area contributed by atoms with Crippen molar-refractivity contribution >= 4 is 33.3 Å². The van der Waals surface area contributed by atoms with Gasteiger partial charge < -0.3 is 20.3 Å². The van der Waals surface area contributed by atoms with Crippen molar-refractivity contribution in [3.05, 3.63) is 102 Å². The predicted octanol–water partition coefficient (Wildman–Crippen LogP) is 7.04. The summed E-state index contributed by atoms with van der Waals surface area (Å²) in [5.74, 6) is 1.28. The molecule has 5 aromatic rings. The second-order valence-electron chi connectivity index (χ2n) is 9.62. The molecule has 0 aliphatic heterocycles. The molecular formula is C31H30N2O4. The van der Waals surface area contributed by atoms with E-state index < -0.39 is 0 Å². The number of phenols is 1. The van der Waals surface area contributed by atoms with Gasteiger partial charge in [0, 0.05) is 36.0 Å². The maximum atomic E-state index is 12.9. The lowest BCUT2D eigenvalue weighted by Crippen LogP contribution is -2.13. The Hall–Kier alpha value is -4.42. The molecule has 0 spiro atoms. The van der Waals surface area contributed by atoms with E-state index in [1.54, 1.807) is 30.5 Å². The molecule has 0 atom stereocenters. The van der Waals surface area contributed by atoms with Gasteiger partial charge in [0.05, 0.1) is 5.52 Å². The normalized spacial score (nSPS) is 11.1. The number of hydrogen-bond donors (Lipinski definition) is 3. The zero-order valence-corrected chi connectivity index (χ0v) is 21.3. The molecular weight excluding hydrogens is 464 g/mol. The topological polar surface area (TPSA) is 91.7 Å². The third-order valence-corrected chi connectivity index (χ3v) is 6.00. The van der Waals surface area contributed by atoms with Gasteiger partial charge in [-0.25, -0.2) is 0 Å². The molecule has 1 aromatic heterocycles. The van der Waals surface area contributed by atoms with Gasteiger partial charge in [0.1, 0.15) is 17.2 Å². The van der Waals surface area contributed by atoms with Crippen molar-refractivity contribution in [2.24, 2.45) is 0 Å². The van der Waals surface area contributed by atoms with Crippen molar-refractivity contribution in [1.82, 2.24) is 4.98 Å². The van der Waals surface area contributed by atoms with Crippen molar-refractivity contribution in [2.45, 2.75) is 26.2 Å². The van der Waals surface area contributed by atoms with E-state index in [4.69, 9.17) is 9.84 Å². The van der Waals surface area contributed by atoms with Gasteiger partial charge in [0.25, 0.3) is 5.91 Å². The number of aliphatic hydroxyl groups is 1. The Morgan fingerprint density at radius 1 is 0.838 bits per heavy atom. The molecule has 0 aliphatic carbocycles. The second kappa shape index (κ2) is 10.7. The number of nitrogens with zero attached hydrogens (tertiary/aromatic N) is 1. The number of rotatable bonds is 4. The Morgan fingerprint density at radius 2 is 1.57 bits per heavy atom. The summed E-state index contributed by atoms with van der Waals surface area (Å²) < 4.78 is 6.15. The first-order valence-corrected chi connectivity index (χ1v) is 11.9. The van der Waals surface area contributed by atoms with Gasteiger partial charge in [0.15, 0.2) is 0 Å². The lowest BCUT2D eigenvalue weighted by molar-refractivity contribution is 0.102. The summed E-state index contributed by atoms with van der Waals surface area (Å²) in [4.78, 5) is 17.2. The number of hydrogen-bond acceptors (Lipinski definition) is 5. The maximum Gasteiger partial charge on any atom is 0.255 e. The molecule has 0 radical (unpaired) electrons. The number of aromatic hydroxyl groups is 1. The number of carbonyl (C=O) groups is 1. The Labute approximate surface area is 216 Å². The molecule has 0 aliphatic rings. The van der Waals surface area contributed by atoms with Gasteiger partial charge in [-0.2, -0.15) is 0 Å². The summed E-state index contributed by atoms with van der Waals surface area (Å²) in [5, 5.41) is 22.4. The molecule has 0 unspecified atom stereocenters. The fourth-order valence-electron chi connectivity index (χ4n) is 4.01. The van der Waals surface area contributed by atoms with E-state index in [-0.39, 0.29) is 17.1 Å². The van der Waals surface area contributed by atoms with E-state index in [0.29, 0.717) is 22.6 Å². The van der Waals surface area contributed by atoms with E-state index in [2.05, 4.69) is 31.1 Å². The number of fused-ring (bicyclic) bond motifs is 2. The second-order valence-corrected chi connectivity index (χ2v) is 9.62. The maximum absolute atomic E-state index is 12.9. The van der Waals surface area contributed by atoms with Crippen LogP contribution in [0.25, 0.3) is 21.7 Å². The van der Waals surface area contributed by atoms with Crippen LogP contribution < -0.4 is 10.1 Å². The lowest BCUT2D eigenvalue weighted by Gasteiger charge is -2.19. The van der Waals surface area contributed by atoms with Crippen molar-refractivity contribution < 1.29 is 19.7 Å². The van der Waals surface area contributed by atoms with Gasteiger partial charge in [-0.05, 0) is 76.3 Å². The molecule has 6 nitrogen and oxygen atoms in total. The molecule has 1 heterocycles. The lowest BCUT2D eigenvalue weighted by atomic mass is 9.87. The molecule has 1 amide bonds. The van der Waals surface area contributed by atoms with Gasteiger partial charge in [-0.1, -0.05) is 45.0 Å². The standard InChI is InChI=1S/C30H26N2O3.CH4O/c1-30(2,3)22-7-9-23(10-8-22)32-29(34)20-5-4-19-6-12-25(17-21(19)16-20)35-28-14-15-31-27-18-24(33)11-13-26(27)28;1-2/h4-18,33H,1-3H3,(H,32,34);2H,1H3. The van der Waals surface area contributed by atoms with Crippen LogP contribution in [0.15, 0.2) is 91.1 Å². The number of nitrogens with one attached hydrogen (secondary N) is 1. The number of pyridine rings is 1. The number of aromatic nitrogens is 1. The quantitative estimate of drug-likeness (QED) is 0.249. The van der Waals surface area contributed by atoms with Gasteiger partial charge >= 0.3 is 0 Å². The fraction of sp³-hybridized carbons (Fsp3) is 0.161. The molecule has 0 bridgehead atoms. The number of aliphatic hydroxyl groups excluding tert-OH is 1. The molecule has 0 fully saturated rings. The van der Waals surface area contributed by atoms with E-state index >= 15 is 0 Å². The summed E-state index contributed by atoms with van der Waals surface area (Å²) in [5.41, 5.74) is 3.26. The fourth-order valence-corrected chi connectivity index (χ4v) is 4.01. The summed E-state index contributed by atoms with van der Waals surface area (Å²) in [6.45, 7) is 6.49. The van der Waals surface area contributed by atoms with Crippen molar-refractivity contribution in [3.63, 3.8) is 0 Å². The number of amides is 1. The van der Waals surface area contributed by atoms with E-state index in [0.717, 1.165) is 29.0 Å². The first-order chi connectivity index (χ1) is 17.8. The molecule has 3 N–H and O–H groups in total. The van der Waals surface area contributed by atoms with Crippen molar-refractivity contribution in [2.75, 3.05) is 12.4 Å². The summed E-state index contributed by atoms with van der Waals surface area (Å²) in [6.07, 6.45) is 1.65. The smallest absolute Gasteiger partial charge is 0.255 e. The van der Waals surface area contributed by atoms with Crippen LogP contribution in [0.3, 0.4) is 0 Å². The Bertz CT molecular complexity index is 1550. The monoisotopic (exact) mass is 494 g/mol. The van der Waals surface area contributed by atoms with Crippen molar-refractivity contribution in [1.29, 1.82) is 0 Å². The highest BCUT2D eigenvalue weighted by Gasteiger charge is 2.14. The Kier molecular flexibility index (Phi) is 7.41. The molecule has 0 saturated carbocycles. The largest absolute Gasteiger partial charge is 0.508 e. The van der Waals surface area contributed by atoms with Crippen LogP contribution in [0, 0.1) is 0 Å². The zero-order chi connectivity index (χ0) is 26.6. The van der Waals surface area contributed by atoms with Crippen LogP contribution in [0.1, 0.15) is 36.7 Å². The third-order valence-electron chi connectivity index (χ3n) is 6.00. The van der Waals surface area contributed by atoms with E-state index in [1.807, 2.05) is 60.7 Å². The highest BCUT2D eigenvalue weighted by atomic mass is 16.5. The van der Waals surface area contributed by atoms with Crippen LogP contribution in [-0.4, -0.2) is 28.2 Å². The van der Waals surface area contributed by atoms with Crippen LogP contribution in [0.4, 0.5) is 5.69 Å². The number of phenolic OH excluding ortho intramolecular Hbond substituents is 1. The minimum Gasteiger partial charge on any atom is -0.508 e. The third kappa shape index (κ3) is 5.88. The number of benzene rings is 4. The molecule has 37 heavy (non-hydrogen) atoms. The van der Waals surface area contributed by atoms with Gasteiger partial charge in [-0.15, -0.1) is 0 Å². The number of anilines is 1. The molecule has 4 aromatic carbocycles. The first kappa shape index (κ1) is 25.7. The van der Waals surface area contributed by atoms with Crippen LogP contribution in [0.5, 0.6) is 17.2 Å². The zero-order valence-electron chi connectivity index (χ0n) is 21.3. The van der Waals surface area contributed by atoms with Gasteiger partial charge in [-0.3, -0.25) is 9.78 Å². The SMILES string of the molecule is CC(C)(C)c1ccc(NC(=O)c2ccc3ccc(Oc4ccnc5cc(O)ccc45)cc3c2)cc1.CO. The van der Waals surface area contributed by atoms with Crippen LogP contribution in [-0.2, 0) is 5.41 Å². The highest BCUT2D eigenvalue weighted by Crippen LogP contribution is 2.32.